The Bertz CT molecular complexity index is 746. The molecule has 0 saturated carbocycles. The van der Waals surface area contributed by atoms with Crippen LogP contribution in [0.2, 0.25) is 0 Å². The Balaban J connectivity index is 1.52. The number of hydrogen-bond donors (Lipinski definition) is 1. The second-order valence-electron chi connectivity index (χ2n) is 5.67. The molecule has 2 aromatic carbocycles. The summed E-state index contributed by atoms with van der Waals surface area (Å²) in [5, 5.41) is 2.88. The van der Waals surface area contributed by atoms with Crippen LogP contribution in [0.5, 0.6) is 23.0 Å². The summed E-state index contributed by atoms with van der Waals surface area (Å²) in [6.07, 6.45) is 0.0501. The van der Waals surface area contributed by atoms with Crippen LogP contribution >= 0.6 is 0 Å². The first kappa shape index (κ1) is 17.0. The predicted molar refractivity (Wildman–Crippen MR) is 92.6 cm³/mol. The topological polar surface area (TPSA) is 66.0 Å². The van der Waals surface area contributed by atoms with E-state index in [-0.39, 0.29) is 18.4 Å². The maximum Gasteiger partial charge on any atom is 0.224 e. The van der Waals surface area contributed by atoms with Crippen LogP contribution in [0.25, 0.3) is 0 Å². The van der Waals surface area contributed by atoms with Crippen LogP contribution in [0.3, 0.4) is 0 Å². The van der Waals surface area contributed by atoms with E-state index in [0.29, 0.717) is 30.4 Å². The quantitative estimate of drug-likeness (QED) is 0.871. The molecule has 6 nitrogen and oxygen atoms in total. The Kier molecular flexibility index (Phi) is 5.28. The molecule has 1 N–H and O–H groups in total. The minimum absolute atomic E-state index is 0.0883. The van der Waals surface area contributed by atoms with Crippen LogP contribution in [0.4, 0.5) is 0 Å². The van der Waals surface area contributed by atoms with Crippen LogP contribution in [0.15, 0.2) is 42.5 Å². The van der Waals surface area contributed by atoms with E-state index in [4.69, 9.17) is 18.9 Å². The number of methoxy groups -OCH3 is 2. The first-order chi connectivity index (χ1) is 12.2. The molecule has 1 aliphatic heterocycles. The van der Waals surface area contributed by atoms with Crippen molar-refractivity contribution in [3.63, 3.8) is 0 Å². The smallest absolute Gasteiger partial charge is 0.224 e. The van der Waals surface area contributed by atoms with E-state index >= 15 is 0 Å². The lowest BCUT2D eigenvalue weighted by molar-refractivity contribution is -0.120. The van der Waals surface area contributed by atoms with Gasteiger partial charge in [-0.1, -0.05) is 18.2 Å². The van der Waals surface area contributed by atoms with Gasteiger partial charge in [-0.3, -0.25) is 4.79 Å². The van der Waals surface area contributed by atoms with Crippen LogP contribution in [-0.4, -0.2) is 39.4 Å². The molecule has 3 rings (SSSR count). The van der Waals surface area contributed by atoms with E-state index in [1.165, 1.54) is 0 Å². The zero-order valence-corrected chi connectivity index (χ0v) is 14.3. The highest BCUT2D eigenvalue weighted by Crippen LogP contribution is 2.30. The highest BCUT2D eigenvalue weighted by molar-refractivity contribution is 5.78. The fourth-order valence-corrected chi connectivity index (χ4v) is 2.63. The third-order valence-corrected chi connectivity index (χ3v) is 3.91. The van der Waals surface area contributed by atoms with Crippen molar-refractivity contribution in [3.8, 4) is 23.0 Å². The Labute approximate surface area is 146 Å². The molecule has 0 aromatic heterocycles. The molecule has 0 saturated heterocycles. The second kappa shape index (κ2) is 7.79. The lowest BCUT2D eigenvalue weighted by Crippen LogP contribution is -2.41. The average molecular weight is 343 g/mol. The fraction of sp³-hybridized carbons (Fsp3) is 0.316. The molecule has 0 unspecified atom stereocenters. The molecule has 1 amide bonds. The minimum Gasteiger partial charge on any atom is -0.493 e. The van der Waals surface area contributed by atoms with Gasteiger partial charge in [-0.05, 0) is 29.8 Å². The van der Waals surface area contributed by atoms with Crippen molar-refractivity contribution < 1.29 is 23.7 Å². The summed E-state index contributed by atoms with van der Waals surface area (Å²) in [6, 6.07) is 12.9. The molecular formula is C19H21NO5. The normalized spacial score (nSPS) is 15.4. The third kappa shape index (κ3) is 4.15. The summed E-state index contributed by atoms with van der Waals surface area (Å²) in [4.78, 5) is 12.2. The number of ether oxygens (including phenoxy) is 4. The summed E-state index contributed by atoms with van der Waals surface area (Å²) >= 11 is 0. The molecule has 0 fully saturated rings. The number of benzene rings is 2. The predicted octanol–water partition coefficient (Wildman–Crippen LogP) is 2.20. The molecule has 2 aromatic rings. The zero-order valence-electron chi connectivity index (χ0n) is 14.3. The standard InChI is InChI=1S/C19H21NO5/c1-22-15-8-7-13(9-18(15)23-2)10-19(21)20-11-14-12-24-16-5-3-4-6-17(16)25-14/h3-9,14H,10-12H2,1-2H3,(H,20,21)/t14-/m0/s1. The SMILES string of the molecule is COc1ccc(CC(=O)NC[C@H]2COc3ccccc3O2)cc1OC. The number of carbonyl (C=O) groups is 1. The maximum atomic E-state index is 12.2. The fourth-order valence-electron chi connectivity index (χ4n) is 2.63. The van der Waals surface area contributed by atoms with Crippen molar-refractivity contribution in [2.45, 2.75) is 12.5 Å². The average Bonchev–Trinajstić information content (AvgIpc) is 2.66. The first-order valence-electron chi connectivity index (χ1n) is 8.05. The van der Waals surface area contributed by atoms with Crippen molar-refractivity contribution in [1.82, 2.24) is 5.32 Å². The largest absolute Gasteiger partial charge is 0.493 e. The van der Waals surface area contributed by atoms with Crippen LogP contribution in [0.1, 0.15) is 5.56 Å². The van der Waals surface area contributed by atoms with Crippen molar-refractivity contribution >= 4 is 5.91 Å². The highest BCUT2D eigenvalue weighted by atomic mass is 16.6. The van der Waals surface area contributed by atoms with Gasteiger partial charge in [0.25, 0.3) is 0 Å². The number of carbonyl (C=O) groups excluding carboxylic acids is 1. The van der Waals surface area contributed by atoms with Gasteiger partial charge in [-0.25, -0.2) is 0 Å². The number of amides is 1. The lowest BCUT2D eigenvalue weighted by atomic mass is 10.1. The monoisotopic (exact) mass is 343 g/mol. The molecule has 25 heavy (non-hydrogen) atoms. The Morgan fingerprint density at radius 2 is 1.88 bits per heavy atom. The molecule has 132 valence electrons. The van der Waals surface area contributed by atoms with E-state index in [1.807, 2.05) is 30.3 Å². The highest BCUT2D eigenvalue weighted by Gasteiger charge is 2.21. The number of hydrogen-bond acceptors (Lipinski definition) is 5. The maximum absolute atomic E-state index is 12.2. The molecule has 0 radical (unpaired) electrons. The van der Waals surface area contributed by atoms with Gasteiger partial charge in [0.1, 0.15) is 12.7 Å². The number of fused-ring (bicyclic) bond motifs is 1. The molecule has 1 heterocycles. The summed E-state index contributed by atoms with van der Waals surface area (Å²) in [5.41, 5.74) is 0.848. The Morgan fingerprint density at radius 3 is 2.64 bits per heavy atom. The van der Waals surface area contributed by atoms with Gasteiger partial charge in [-0.2, -0.15) is 0 Å². The van der Waals surface area contributed by atoms with Crippen molar-refractivity contribution in [1.29, 1.82) is 0 Å². The Morgan fingerprint density at radius 1 is 1.12 bits per heavy atom. The van der Waals surface area contributed by atoms with Crippen LogP contribution < -0.4 is 24.3 Å². The lowest BCUT2D eigenvalue weighted by Gasteiger charge is -2.26. The number of rotatable bonds is 6. The van der Waals surface area contributed by atoms with Gasteiger partial charge in [-0.15, -0.1) is 0 Å². The van der Waals surface area contributed by atoms with Crippen molar-refractivity contribution in [2.24, 2.45) is 0 Å². The first-order valence-corrected chi connectivity index (χ1v) is 8.05. The molecule has 0 spiro atoms. The summed E-state index contributed by atoms with van der Waals surface area (Å²) in [6.45, 7) is 0.800. The van der Waals surface area contributed by atoms with Gasteiger partial charge in [0.05, 0.1) is 27.2 Å². The van der Waals surface area contributed by atoms with Gasteiger partial charge in [0.15, 0.2) is 23.0 Å². The van der Waals surface area contributed by atoms with E-state index in [2.05, 4.69) is 5.32 Å². The summed E-state index contributed by atoms with van der Waals surface area (Å²) < 4.78 is 21.9. The van der Waals surface area contributed by atoms with Crippen molar-refractivity contribution in [2.75, 3.05) is 27.4 Å². The van der Waals surface area contributed by atoms with Gasteiger partial charge in [0.2, 0.25) is 5.91 Å². The minimum atomic E-state index is -0.204. The molecule has 0 bridgehead atoms. The Hall–Kier alpha value is -2.89. The third-order valence-electron chi connectivity index (χ3n) is 3.91. The molecule has 0 aliphatic carbocycles. The molecular weight excluding hydrogens is 322 g/mol. The van der Waals surface area contributed by atoms with E-state index in [0.717, 1.165) is 11.3 Å². The van der Waals surface area contributed by atoms with Gasteiger partial charge in [0, 0.05) is 0 Å². The van der Waals surface area contributed by atoms with Crippen molar-refractivity contribution in [3.05, 3.63) is 48.0 Å². The van der Waals surface area contributed by atoms with Gasteiger partial charge < -0.3 is 24.3 Å². The van der Waals surface area contributed by atoms with E-state index < -0.39 is 0 Å². The van der Waals surface area contributed by atoms with Crippen LogP contribution in [0, 0.1) is 0 Å². The molecule has 1 aliphatic rings. The van der Waals surface area contributed by atoms with E-state index in [1.54, 1.807) is 26.4 Å². The molecule has 6 heteroatoms. The summed E-state index contributed by atoms with van der Waals surface area (Å²) in [5.74, 6) is 2.59. The summed E-state index contributed by atoms with van der Waals surface area (Å²) in [7, 11) is 3.15. The van der Waals surface area contributed by atoms with Crippen LogP contribution in [-0.2, 0) is 11.2 Å². The second-order valence-corrected chi connectivity index (χ2v) is 5.67. The van der Waals surface area contributed by atoms with Gasteiger partial charge >= 0.3 is 0 Å². The number of para-hydroxylation sites is 2. The van der Waals surface area contributed by atoms with E-state index in [9.17, 15) is 4.79 Å². The zero-order chi connectivity index (χ0) is 17.6. The number of nitrogens with one attached hydrogen (secondary N) is 1. The molecule has 1 atom stereocenters.